The van der Waals surface area contributed by atoms with Crippen molar-refractivity contribution < 1.29 is 0 Å². The van der Waals surface area contributed by atoms with Gasteiger partial charge in [-0.25, -0.2) is 0 Å². The molecule has 1 aliphatic carbocycles. The molecule has 1 aliphatic rings. The van der Waals surface area contributed by atoms with Crippen LogP contribution in [0.15, 0.2) is 24.3 Å². The van der Waals surface area contributed by atoms with Crippen molar-refractivity contribution in [3.8, 4) is 0 Å². The molecular formula is C16H24ClN. The Labute approximate surface area is 116 Å². The number of halogens is 1. The zero-order chi connectivity index (χ0) is 13.0. The van der Waals surface area contributed by atoms with Crippen LogP contribution in [0.4, 0.5) is 0 Å². The Morgan fingerprint density at radius 1 is 1.22 bits per heavy atom. The lowest BCUT2D eigenvalue weighted by atomic mass is 9.71. The Kier molecular flexibility index (Phi) is 5.08. The van der Waals surface area contributed by atoms with E-state index in [1.165, 1.54) is 31.2 Å². The van der Waals surface area contributed by atoms with Crippen LogP contribution in [0, 0.1) is 17.8 Å². The maximum absolute atomic E-state index is 6.27. The van der Waals surface area contributed by atoms with Gasteiger partial charge in [-0.3, -0.25) is 0 Å². The molecule has 1 aromatic carbocycles. The van der Waals surface area contributed by atoms with E-state index in [1.807, 2.05) is 12.1 Å². The van der Waals surface area contributed by atoms with E-state index in [9.17, 15) is 0 Å². The molecule has 0 aromatic heterocycles. The number of hydrogen-bond donors (Lipinski definition) is 1. The zero-order valence-electron chi connectivity index (χ0n) is 11.2. The normalized spacial score (nSPS) is 28.3. The lowest BCUT2D eigenvalue weighted by molar-refractivity contribution is 0.180. The van der Waals surface area contributed by atoms with Crippen LogP contribution in [0.3, 0.4) is 0 Å². The fraction of sp³-hybridized carbons (Fsp3) is 0.625. The Balaban J connectivity index is 2.07. The number of nitrogens with two attached hydrogens (primary N) is 1. The van der Waals surface area contributed by atoms with Gasteiger partial charge in [0, 0.05) is 5.02 Å². The smallest absolute Gasteiger partial charge is 0.0438 e. The van der Waals surface area contributed by atoms with E-state index in [-0.39, 0.29) is 0 Å². The fourth-order valence-corrected chi connectivity index (χ4v) is 3.51. The van der Waals surface area contributed by atoms with Crippen molar-refractivity contribution in [1.29, 1.82) is 0 Å². The van der Waals surface area contributed by atoms with Crippen molar-refractivity contribution in [3.05, 3.63) is 34.9 Å². The second-order valence-corrected chi connectivity index (χ2v) is 6.05. The molecule has 1 nitrogen and oxygen atoms in total. The molecule has 0 amide bonds. The van der Waals surface area contributed by atoms with Crippen LogP contribution in [-0.4, -0.2) is 6.54 Å². The first-order valence-corrected chi connectivity index (χ1v) is 7.55. The van der Waals surface area contributed by atoms with Crippen LogP contribution in [0.2, 0.25) is 5.02 Å². The molecule has 3 atom stereocenters. The quantitative estimate of drug-likeness (QED) is 0.864. The summed E-state index contributed by atoms with van der Waals surface area (Å²) in [5.74, 6) is 2.29. The number of hydrogen-bond acceptors (Lipinski definition) is 1. The first kappa shape index (κ1) is 13.9. The van der Waals surface area contributed by atoms with E-state index in [1.54, 1.807) is 0 Å². The Morgan fingerprint density at radius 2 is 2.00 bits per heavy atom. The van der Waals surface area contributed by atoms with Gasteiger partial charge in [0.1, 0.15) is 0 Å². The van der Waals surface area contributed by atoms with Crippen molar-refractivity contribution in [1.82, 2.24) is 0 Å². The molecule has 2 heteroatoms. The monoisotopic (exact) mass is 265 g/mol. The lowest BCUT2D eigenvalue weighted by Crippen LogP contribution is -2.31. The molecule has 18 heavy (non-hydrogen) atoms. The maximum atomic E-state index is 6.27. The second-order valence-electron chi connectivity index (χ2n) is 5.64. The molecule has 0 bridgehead atoms. The van der Waals surface area contributed by atoms with Gasteiger partial charge in [-0.15, -0.1) is 0 Å². The average molecular weight is 266 g/mol. The largest absolute Gasteiger partial charge is 0.330 e. The molecule has 100 valence electrons. The fourth-order valence-electron chi connectivity index (χ4n) is 3.30. The summed E-state index contributed by atoms with van der Waals surface area (Å²) >= 11 is 6.27. The van der Waals surface area contributed by atoms with E-state index < -0.39 is 0 Å². The predicted molar refractivity (Wildman–Crippen MR) is 78.8 cm³/mol. The first-order chi connectivity index (χ1) is 8.74. The van der Waals surface area contributed by atoms with Crippen molar-refractivity contribution >= 4 is 11.6 Å². The maximum Gasteiger partial charge on any atom is 0.0438 e. The van der Waals surface area contributed by atoms with Crippen molar-refractivity contribution in [2.75, 3.05) is 6.54 Å². The Morgan fingerprint density at radius 3 is 2.67 bits per heavy atom. The average Bonchev–Trinajstić information content (AvgIpc) is 2.41. The molecule has 3 unspecified atom stereocenters. The summed E-state index contributed by atoms with van der Waals surface area (Å²) in [6.07, 6.45) is 6.37. The van der Waals surface area contributed by atoms with Crippen LogP contribution in [0.5, 0.6) is 0 Å². The molecule has 2 N–H and O–H groups in total. The third-order valence-electron chi connectivity index (χ3n) is 4.57. The summed E-state index contributed by atoms with van der Waals surface area (Å²) in [6.45, 7) is 3.13. The minimum absolute atomic E-state index is 0.684. The molecule has 0 radical (unpaired) electrons. The highest BCUT2D eigenvalue weighted by Gasteiger charge is 2.29. The van der Waals surface area contributed by atoms with Crippen LogP contribution in [-0.2, 0) is 6.42 Å². The van der Waals surface area contributed by atoms with Crippen molar-refractivity contribution in [3.63, 3.8) is 0 Å². The van der Waals surface area contributed by atoms with Crippen molar-refractivity contribution in [2.24, 2.45) is 23.5 Å². The molecule has 2 rings (SSSR count). The summed E-state index contributed by atoms with van der Waals surface area (Å²) in [5.41, 5.74) is 7.23. The third kappa shape index (κ3) is 3.27. The van der Waals surface area contributed by atoms with E-state index in [2.05, 4.69) is 19.1 Å². The molecular weight excluding hydrogens is 242 g/mol. The van der Waals surface area contributed by atoms with Gasteiger partial charge in [0.15, 0.2) is 0 Å². The predicted octanol–water partition coefficient (Wildman–Crippen LogP) is 4.28. The molecule has 1 fully saturated rings. The molecule has 0 spiro atoms. The summed E-state index contributed by atoms with van der Waals surface area (Å²) in [6, 6.07) is 8.24. The van der Waals surface area contributed by atoms with Gasteiger partial charge >= 0.3 is 0 Å². The zero-order valence-corrected chi connectivity index (χ0v) is 12.0. The van der Waals surface area contributed by atoms with Crippen LogP contribution < -0.4 is 5.73 Å². The van der Waals surface area contributed by atoms with Gasteiger partial charge < -0.3 is 5.73 Å². The van der Waals surface area contributed by atoms with Gasteiger partial charge in [0.25, 0.3) is 0 Å². The van der Waals surface area contributed by atoms with Gasteiger partial charge in [-0.05, 0) is 55.2 Å². The van der Waals surface area contributed by atoms with Gasteiger partial charge in [0.05, 0.1) is 0 Å². The van der Waals surface area contributed by atoms with Crippen LogP contribution in [0.1, 0.15) is 38.2 Å². The van der Waals surface area contributed by atoms with E-state index in [0.717, 1.165) is 23.9 Å². The highest BCUT2D eigenvalue weighted by Crippen LogP contribution is 2.37. The van der Waals surface area contributed by atoms with Gasteiger partial charge in [0.2, 0.25) is 0 Å². The van der Waals surface area contributed by atoms with Crippen molar-refractivity contribution in [2.45, 2.75) is 39.0 Å². The summed E-state index contributed by atoms with van der Waals surface area (Å²) in [5, 5.41) is 0.909. The van der Waals surface area contributed by atoms with E-state index in [4.69, 9.17) is 17.3 Å². The molecule has 0 aliphatic heterocycles. The minimum Gasteiger partial charge on any atom is -0.330 e. The van der Waals surface area contributed by atoms with Crippen LogP contribution >= 0.6 is 11.6 Å². The Bertz CT molecular complexity index is 377. The highest BCUT2D eigenvalue weighted by molar-refractivity contribution is 6.31. The van der Waals surface area contributed by atoms with Gasteiger partial charge in [-0.2, -0.15) is 0 Å². The van der Waals surface area contributed by atoms with E-state index in [0.29, 0.717) is 11.8 Å². The SMILES string of the molecule is CCC1CCC(CN)C(Cc2ccccc2Cl)C1. The summed E-state index contributed by atoms with van der Waals surface area (Å²) in [7, 11) is 0. The Hall–Kier alpha value is -0.530. The molecule has 1 aromatic rings. The number of rotatable bonds is 4. The third-order valence-corrected chi connectivity index (χ3v) is 4.94. The summed E-state index contributed by atoms with van der Waals surface area (Å²) in [4.78, 5) is 0. The van der Waals surface area contributed by atoms with Gasteiger partial charge in [-0.1, -0.05) is 49.6 Å². The van der Waals surface area contributed by atoms with E-state index >= 15 is 0 Å². The topological polar surface area (TPSA) is 26.0 Å². The highest BCUT2D eigenvalue weighted by atomic mass is 35.5. The molecule has 1 saturated carbocycles. The minimum atomic E-state index is 0.684. The first-order valence-electron chi connectivity index (χ1n) is 7.18. The molecule has 0 saturated heterocycles. The molecule has 0 heterocycles. The summed E-state index contributed by atoms with van der Waals surface area (Å²) < 4.78 is 0. The van der Waals surface area contributed by atoms with Crippen LogP contribution in [0.25, 0.3) is 0 Å². The standard InChI is InChI=1S/C16H24ClN/c1-2-12-7-8-14(11-18)15(9-12)10-13-5-3-4-6-16(13)17/h3-6,12,14-15H,2,7-11,18H2,1H3. The number of benzene rings is 1. The second kappa shape index (κ2) is 6.58. The lowest BCUT2D eigenvalue weighted by Gasteiger charge is -2.35.